The van der Waals surface area contributed by atoms with E-state index < -0.39 is 18.4 Å². The zero-order valence-electron chi connectivity index (χ0n) is 14.8. The number of benzene rings is 1. The number of carbonyl (C=O) groups excluding carboxylic acids is 2. The maximum absolute atomic E-state index is 13.0. The molecule has 0 bridgehead atoms. The molecule has 1 aromatic carbocycles. The minimum absolute atomic E-state index is 0.118. The SMILES string of the molecule is CCC(C)N(CC(=O)O)C(=O)C1=NN(Cc2ccc(F)cc2)C(=O)CC1. The molecule has 1 aromatic rings. The molecule has 0 fully saturated rings. The van der Waals surface area contributed by atoms with Crippen molar-refractivity contribution in [2.24, 2.45) is 5.10 Å². The van der Waals surface area contributed by atoms with Crippen LogP contribution in [0.25, 0.3) is 0 Å². The van der Waals surface area contributed by atoms with Crippen LogP contribution in [0.3, 0.4) is 0 Å². The summed E-state index contributed by atoms with van der Waals surface area (Å²) in [4.78, 5) is 37.2. The van der Waals surface area contributed by atoms with Crippen molar-refractivity contribution in [3.63, 3.8) is 0 Å². The lowest BCUT2D eigenvalue weighted by Crippen LogP contribution is -2.47. The second-order valence-electron chi connectivity index (χ2n) is 6.21. The van der Waals surface area contributed by atoms with Gasteiger partial charge in [0.25, 0.3) is 5.91 Å². The van der Waals surface area contributed by atoms with Crippen LogP contribution >= 0.6 is 0 Å². The highest BCUT2D eigenvalue weighted by molar-refractivity contribution is 6.39. The zero-order chi connectivity index (χ0) is 19.3. The number of carboxylic acids is 1. The fourth-order valence-corrected chi connectivity index (χ4v) is 2.60. The summed E-state index contributed by atoms with van der Waals surface area (Å²) in [5.74, 6) is -2.19. The number of halogens is 1. The highest BCUT2D eigenvalue weighted by Gasteiger charge is 2.30. The Hall–Kier alpha value is -2.77. The average Bonchev–Trinajstić information content (AvgIpc) is 2.62. The van der Waals surface area contributed by atoms with Gasteiger partial charge in [0.15, 0.2) is 0 Å². The number of aliphatic carboxylic acids is 1. The summed E-state index contributed by atoms with van der Waals surface area (Å²) in [7, 11) is 0. The van der Waals surface area contributed by atoms with Gasteiger partial charge in [-0.1, -0.05) is 19.1 Å². The van der Waals surface area contributed by atoms with E-state index in [1.807, 2.05) is 6.92 Å². The van der Waals surface area contributed by atoms with E-state index in [2.05, 4.69) is 5.10 Å². The smallest absolute Gasteiger partial charge is 0.323 e. The Balaban J connectivity index is 2.20. The molecule has 1 aliphatic heterocycles. The molecule has 1 atom stereocenters. The molecule has 140 valence electrons. The Morgan fingerprint density at radius 3 is 2.54 bits per heavy atom. The molecule has 0 spiro atoms. The van der Waals surface area contributed by atoms with E-state index in [9.17, 15) is 18.8 Å². The largest absolute Gasteiger partial charge is 0.480 e. The molecule has 0 saturated carbocycles. The number of carboxylic acid groups (broad SMARTS) is 1. The summed E-state index contributed by atoms with van der Waals surface area (Å²) in [6.07, 6.45) is 0.891. The van der Waals surface area contributed by atoms with Gasteiger partial charge >= 0.3 is 5.97 Å². The molecule has 26 heavy (non-hydrogen) atoms. The second kappa shape index (κ2) is 8.55. The predicted octanol–water partition coefficient (Wildman–Crippen LogP) is 2.02. The lowest BCUT2D eigenvalue weighted by Gasteiger charge is -2.30. The molecule has 0 aliphatic carbocycles. The van der Waals surface area contributed by atoms with Gasteiger partial charge in [-0.25, -0.2) is 9.40 Å². The minimum atomic E-state index is -1.10. The molecule has 0 saturated heterocycles. The Labute approximate surface area is 151 Å². The van der Waals surface area contributed by atoms with Crippen LogP contribution < -0.4 is 0 Å². The fraction of sp³-hybridized carbons (Fsp3) is 0.444. The molecular weight excluding hydrogens is 341 g/mol. The lowest BCUT2D eigenvalue weighted by molar-refractivity contribution is -0.143. The quantitative estimate of drug-likeness (QED) is 0.802. The van der Waals surface area contributed by atoms with Gasteiger partial charge in [0.05, 0.1) is 6.54 Å². The first kappa shape index (κ1) is 19.6. The van der Waals surface area contributed by atoms with Crippen molar-refractivity contribution < 1.29 is 23.9 Å². The van der Waals surface area contributed by atoms with Crippen LogP contribution in [0.1, 0.15) is 38.7 Å². The third kappa shape index (κ3) is 4.87. The van der Waals surface area contributed by atoms with Crippen molar-refractivity contribution in [1.82, 2.24) is 9.91 Å². The summed E-state index contributed by atoms with van der Waals surface area (Å²) in [5.41, 5.74) is 0.842. The first-order valence-corrected chi connectivity index (χ1v) is 8.46. The Kier molecular flexibility index (Phi) is 6.43. The monoisotopic (exact) mass is 363 g/mol. The molecule has 0 radical (unpaired) electrons. The fourth-order valence-electron chi connectivity index (χ4n) is 2.60. The summed E-state index contributed by atoms with van der Waals surface area (Å²) in [6.45, 7) is 3.34. The number of carbonyl (C=O) groups is 3. The molecule has 1 aliphatic rings. The summed E-state index contributed by atoms with van der Waals surface area (Å²) < 4.78 is 13.0. The van der Waals surface area contributed by atoms with Crippen molar-refractivity contribution in [3.05, 3.63) is 35.6 Å². The van der Waals surface area contributed by atoms with E-state index in [1.54, 1.807) is 19.1 Å². The number of amides is 2. The van der Waals surface area contributed by atoms with Gasteiger partial charge < -0.3 is 10.0 Å². The molecule has 2 amide bonds. The topological polar surface area (TPSA) is 90.3 Å². The van der Waals surface area contributed by atoms with Crippen LogP contribution in [-0.2, 0) is 20.9 Å². The third-order valence-electron chi connectivity index (χ3n) is 4.29. The maximum Gasteiger partial charge on any atom is 0.323 e. The molecule has 1 N–H and O–H groups in total. The number of hydrogen-bond acceptors (Lipinski definition) is 4. The van der Waals surface area contributed by atoms with Crippen LogP contribution in [0.15, 0.2) is 29.4 Å². The van der Waals surface area contributed by atoms with Gasteiger partial charge in [0.1, 0.15) is 18.1 Å². The molecule has 1 heterocycles. The first-order chi connectivity index (χ1) is 12.3. The summed E-state index contributed by atoms with van der Waals surface area (Å²) >= 11 is 0. The second-order valence-corrected chi connectivity index (χ2v) is 6.21. The summed E-state index contributed by atoms with van der Waals surface area (Å²) in [6, 6.07) is 5.41. The van der Waals surface area contributed by atoms with E-state index in [-0.39, 0.29) is 42.9 Å². The lowest BCUT2D eigenvalue weighted by atomic mass is 10.1. The number of rotatable bonds is 7. The Morgan fingerprint density at radius 1 is 1.31 bits per heavy atom. The molecule has 8 heteroatoms. The highest BCUT2D eigenvalue weighted by Crippen LogP contribution is 2.16. The number of nitrogens with zero attached hydrogens (tertiary/aromatic N) is 3. The summed E-state index contributed by atoms with van der Waals surface area (Å²) in [5, 5.41) is 14.4. The van der Waals surface area contributed by atoms with Crippen LogP contribution in [0.5, 0.6) is 0 Å². The zero-order valence-corrected chi connectivity index (χ0v) is 14.8. The Morgan fingerprint density at radius 2 is 1.96 bits per heavy atom. The molecule has 7 nitrogen and oxygen atoms in total. The standard InChI is InChI=1S/C18H22FN3O4/c1-3-12(2)21(11-17(24)25)18(26)15-8-9-16(23)22(20-15)10-13-4-6-14(19)7-5-13/h4-7,12H,3,8-11H2,1-2H3,(H,24,25). The molecule has 1 unspecified atom stereocenters. The van der Waals surface area contributed by atoms with Gasteiger partial charge in [-0.2, -0.15) is 5.10 Å². The Bertz CT molecular complexity index is 718. The van der Waals surface area contributed by atoms with E-state index >= 15 is 0 Å². The van der Waals surface area contributed by atoms with Crippen LogP contribution in [0.2, 0.25) is 0 Å². The van der Waals surface area contributed by atoms with Crippen molar-refractivity contribution in [1.29, 1.82) is 0 Å². The van der Waals surface area contributed by atoms with E-state index in [1.165, 1.54) is 22.0 Å². The minimum Gasteiger partial charge on any atom is -0.480 e. The van der Waals surface area contributed by atoms with E-state index in [4.69, 9.17) is 5.11 Å². The maximum atomic E-state index is 13.0. The van der Waals surface area contributed by atoms with Crippen molar-refractivity contribution in [3.8, 4) is 0 Å². The van der Waals surface area contributed by atoms with E-state index in [0.29, 0.717) is 12.0 Å². The van der Waals surface area contributed by atoms with Crippen LogP contribution in [0, 0.1) is 5.82 Å². The molecular formula is C18H22FN3O4. The van der Waals surface area contributed by atoms with Gasteiger partial charge in [-0.05, 0) is 31.0 Å². The van der Waals surface area contributed by atoms with Gasteiger partial charge in [0, 0.05) is 18.9 Å². The third-order valence-corrected chi connectivity index (χ3v) is 4.29. The molecule has 0 aromatic heterocycles. The van der Waals surface area contributed by atoms with Gasteiger partial charge in [-0.15, -0.1) is 0 Å². The van der Waals surface area contributed by atoms with Crippen LogP contribution in [-0.4, -0.2) is 51.1 Å². The first-order valence-electron chi connectivity index (χ1n) is 8.46. The predicted molar refractivity (Wildman–Crippen MR) is 92.7 cm³/mol. The van der Waals surface area contributed by atoms with E-state index in [0.717, 1.165) is 0 Å². The van der Waals surface area contributed by atoms with Gasteiger partial charge in [0.2, 0.25) is 5.91 Å². The number of hydrogen-bond donors (Lipinski definition) is 1. The normalized spacial score (nSPS) is 15.4. The average molecular weight is 363 g/mol. The van der Waals surface area contributed by atoms with Crippen molar-refractivity contribution >= 4 is 23.5 Å². The van der Waals surface area contributed by atoms with Crippen molar-refractivity contribution in [2.45, 2.75) is 45.7 Å². The molecule has 2 rings (SSSR count). The van der Waals surface area contributed by atoms with Gasteiger partial charge in [-0.3, -0.25) is 14.4 Å². The van der Waals surface area contributed by atoms with Crippen molar-refractivity contribution in [2.75, 3.05) is 6.54 Å². The number of hydrazone groups is 1. The van der Waals surface area contributed by atoms with Crippen LogP contribution in [0.4, 0.5) is 4.39 Å². The highest BCUT2D eigenvalue weighted by atomic mass is 19.1.